The maximum absolute atomic E-state index is 12.5. The molecule has 25 heavy (non-hydrogen) atoms. The number of nitrogens with one attached hydrogen (secondary N) is 1. The van der Waals surface area contributed by atoms with Gasteiger partial charge in [0.2, 0.25) is 0 Å². The Bertz CT molecular complexity index is 522. The molecule has 1 aliphatic heterocycles. The van der Waals surface area contributed by atoms with Crippen LogP contribution in [0.3, 0.4) is 0 Å². The maximum atomic E-state index is 12.5. The molecule has 0 aromatic rings. The molecule has 0 radical (unpaired) electrons. The van der Waals surface area contributed by atoms with E-state index in [1.807, 2.05) is 16.8 Å². The predicted octanol–water partition coefficient (Wildman–Crippen LogP) is 2.17. The minimum absolute atomic E-state index is 0.0481. The fourth-order valence-corrected chi connectivity index (χ4v) is 4.68. The molecule has 2 bridgehead atoms. The lowest BCUT2D eigenvalue weighted by Crippen LogP contribution is -2.45. The Morgan fingerprint density at radius 2 is 2.04 bits per heavy atom. The molecule has 2 amide bonds. The molecular formula is C19H31N3O3. The van der Waals surface area contributed by atoms with Crippen LogP contribution in [0.1, 0.15) is 38.5 Å². The lowest BCUT2D eigenvalue weighted by atomic mass is 9.69. The van der Waals surface area contributed by atoms with Gasteiger partial charge < -0.3 is 15.3 Å². The molecule has 0 aromatic carbocycles. The Morgan fingerprint density at radius 1 is 1.20 bits per heavy atom. The number of fused-ring (bicyclic) bond motifs is 2. The number of amides is 2. The van der Waals surface area contributed by atoms with Gasteiger partial charge in [0.1, 0.15) is 0 Å². The van der Waals surface area contributed by atoms with Crippen LogP contribution in [0.25, 0.3) is 0 Å². The molecule has 2 N–H and O–H groups in total. The van der Waals surface area contributed by atoms with Crippen LogP contribution >= 0.6 is 0 Å². The second-order valence-corrected chi connectivity index (χ2v) is 7.95. The third kappa shape index (κ3) is 4.75. The van der Waals surface area contributed by atoms with Gasteiger partial charge in [-0.1, -0.05) is 12.2 Å². The van der Waals surface area contributed by atoms with E-state index in [4.69, 9.17) is 5.11 Å². The standard InChI is InChI=1S/C19H31N3O3/c1-21(13-18(23)24)17-3-2-9-22(10-8-17)19(25)20-12-16-11-14-4-6-15(16)7-5-14/h4,6,14-17H,2-3,5,7-13H2,1H3,(H,20,25)(H,23,24). The number of aliphatic carboxylic acids is 1. The van der Waals surface area contributed by atoms with Crippen LogP contribution in [0.2, 0.25) is 0 Å². The zero-order valence-corrected chi connectivity index (χ0v) is 15.2. The number of hydrogen-bond donors (Lipinski definition) is 2. The summed E-state index contributed by atoms with van der Waals surface area (Å²) in [5, 5.41) is 12.1. The van der Waals surface area contributed by atoms with Crippen molar-refractivity contribution >= 4 is 12.0 Å². The Hall–Kier alpha value is -1.56. The molecular weight excluding hydrogens is 318 g/mol. The van der Waals surface area contributed by atoms with Gasteiger partial charge >= 0.3 is 12.0 Å². The Balaban J connectivity index is 1.43. The number of carbonyl (C=O) groups excluding carboxylic acids is 1. The Labute approximate surface area is 150 Å². The highest BCUT2D eigenvalue weighted by Gasteiger charge is 2.32. The van der Waals surface area contributed by atoms with Crippen LogP contribution in [0.5, 0.6) is 0 Å². The summed E-state index contributed by atoms with van der Waals surface area (Å²) in [5.74, 6) is 1.16. The second kappa shape index (κ2) is 8.21. The van der Waals surface area contributed by atoms with Crippen molar-refractivity contribution in [1.82, 2.24) is 15.1 Å². The summed E-state index contributed by atoms with van der Waals surface area (Å²) in [6, 6.07) is 0.292. The van der Waals surface area contributed by atoms with Crippen LogP contribution in [-0.4, -0.2) is 66.2 Å². The Kier molecular flexibility index (Phi) is 5.99. The lowest BCUT2D eigenvalue weighted by Gasteiger charge is -2.38. The van der Waals surface area contributed by atoms with Crippen LogP contribution < -0.4 is 5.32 Å². The smallest absolute Gasteiger partial charge is 0.317 e. The number of likely N-dealkylation sites (tertiary alicyclic amines) is 1. The fourth-order valence-electron chi connectivity index (χ4n) is 4.68. The van der Waals surface area contributed by atoms with E-state index < -0.39 is 5.97 Å². The predicted molar refractivity (Wildman–Crippen MR) is 96.3 cm³/mol. The monoisotopic (exact) mass is 349 g/mol. The van der Waals surface area contributed by atoms with Crippen LogP contribution in [0, 0.1) is 17.8 Å². The highest BCUT2D eigenvalue weighted by Crippen LogP contribution is 2.39. The molecule has 4 rings (SSSR count). The number of urea groups is 1. The molecule has 3 aliphatic carbocycles. The van der Waals surface area contributed by atoms with E-state index in [9.17, 15) is 9.59 Å². The van der Waals surface area contributed by atoms with Crippen molar-refractivity contribution in [3.8, 4) is 0 Å². The number of carboxylic acid groups (broad SMARTS) is 1. The van der Waals surface area contributed by atoms with E-state index in [1.54, 1.807) is 0 Å². The number of nitrogens with zero attached hydrogens (tertiary/aromatic N) is 2. The number of hydrogen-bond acceptors (Lipinski definition) is 3. The zero-order chi connectivity index (χ0) is 17.8. The molecule has 0 spiro atoms. The average molecular weight is 349 g/mol. The van der Waals surface area contributed by atoms with Gasteiger partial charge in [0, 0.05) is 25.7 Å². The van der Waals surface area contributed by atoms with Gasteiger partial charge in [-0.2, -0.15) is 0 Å². The van der Waals surface area contributed by atoms with Crippen molar-refractivity contribution in [3.05, 3.63) is 12.2 Å². The summed E-state index contributed by atoms with van der Waals surface area (Å²) >= 11 is 0. The highest BCUT2D eigenvalue weighted by molar-refractivity contribution is 5.74. The maximum Gasteiger partial charge on any atom is 0.317 e. The van der Waals surface area contributed by atoms with E-state index >= 15 is 0 Å². The number of rotatable bonds is 5. The van der Waals surface area contributed by atoms with Gasteiger partial charge in [0.15, 0.2) is 0 Å². The van der Waals surface area contributed by atoms with E-state index in [0.29, 0.717) is 18.4 Å². The van der Waals surface area contributed by atoms with Gasteiger partial charge in [-0.05, 0) is 63.3 Å². The molecule has 6 nitrogen and oxygen atoms in total. The van der Waals surface area contributed by atoms with Crippen LogP contribution in [-0.2, 0) is 4.79 Å². The number of likely N-dealkylation sites (N-methyl/N-ethyl adjacent to an activating group) is 1. The van der Waals surface area contributed by atoms with Crippen molar-refractivity contribution < 1.29 is 14.7 Å². The summed E-state index contributed by atoms with van der Waals surface area (Å²) in [7, 11) is 1.86. The van der Waals surface area contributed by atoms with Gasteiger partial charge in [0.05, 0.1) is 6.54 Å². The third-order valence-electron chi connectivity index (χ3n) is 6.22. The molecule has 4 aliphatic rings. The van der Waals surface area contributed by atoms with Gasteiger partial charge in [-0.15, -0.1) is 0 Å². The summed E-state index contributed by atoms with van der Waals surface area (Å²) in [6.07, 6.45) is 11.2. The number of carbonyl (C=O) groups is 2. The van der Waals surface area contributed by atoms with Gasteiger partial charge in [-0.25, -0.2) is 4.79 Å². The quantitative estimate of drug-likeness (QED) is 0.746. The van der Waals surface area contributed by atoms with Crippen molar-refractivity contribution in [3.63, 3.8) is 0 Å². The third-order valence-corrected chi connectivity index (χ3v) is 6.22. The number of carboxylic acids is 1. The normalized spacial score (nSPS) is 31.8. The number of allylic oxidation sites excluding steroid dienone is 2. The summed E-state index contributed by atoms with van der Waals surface area (Å²) in [6.45, 7) is 2.31. The summed E-state index contributed by atoms with van der Waals surface area (Å²) in [4.78, 5) is 27.2. The average Bonchev–Trinajstić information content (AvgIpc) is 2.86. The lowest BCUT2D eigenvalue weighted by molar-refractivity contribution is -0.138. The highest BCUT2D eigenvalue weighted by atomic mass is 16.4. The molecule has 1 saturated carbocycles. The van der Waals surface area contributed by atoms with Crippen LogP contribution in [0.15, 0.2) is 12.2 Å². The summed E-state index contributed by atoms with van der Waals surface area (Å²) < 4.78 is 0. The zero-order valence-electron chi connectivity index (χ0n) is 15.2. The van der Waals surface area contributed by atoms with E-state index in [0.717, 1.165) is 38.3 Å². The second-order valence-electron chi connectivity index (χ2n) is 7.95. The Morgan fingerprint density at radius 3 is 2.68 bits per heavy atom. The topological polar surface area (TPSA) is 72.9 Å². The van der Waals surface area contributed by atoms with Crippen molar-refractivity contribution in [1.29, 1.82) is 0 Å². The first-order valence-corrected chi connectivity index (χ1v) is 9.66. The van der Waals surface area contributed by atoms with Gasteiger partial charge in [-0.3, -0.25) is 9.69 Å². The van der Waals surface area contributed by atoms with E-state index in [-0.39, 0.29) is 18.6 Å². The van der Waals surface area contributed by atoms with Gasteiger partial charge in [0.25, 0.3) is 0 Å². The minimum atomic E-state index is -0.794. The first-order valence-electron chi connectivity index (χ1n) is 9.66. The summed E-state index contributed by atoms with van der Waals surface area (Å²) in [5.41, 5.74) is 0. The first-order chi connectivity index (χ1) is 12.0. The first kappa shape index (κ1) is 18.2. The van der Waals surface area contributed by atoms with E-state index in [1.165, 1.54) is 19.3 Å². The molecule has 6 heteroatoms. The minimum Gasteiger partial charge on any atom is -0.480 e. The molecule has 1 saturated heterocycles. The molecule has 2 fully saturated rings. The largest absolute Gasteiger partial charge is 0.480 e. The fraction of sp³-hybridized carbons (Fsp3) is 0.789. The molecule has 4 atom stereocenters. The molecule has 140 valence electrons. The molecule has 0 aromatic heterocycles. The van der Waals surface area contributed by atoms with Crippen molar-refractivity contribution in [2.45, 2.75) is 44.6 Å². The van der Waals surface area contributed by atoms with Crippen LogP contribution in [0.4, 0.5) is 4.79 Å². The molecule has 1 heterocycles. The SMILES string of the molecule is CN(CC(=O)O)C1CCCN(C(=O)NCC2CC3C=CC2CC3)CC1. The molecule has 4 unspecified atom stereocenters. The van der Waals surface area contributed by atoms with Crippen molar-refractivity contribution in [2.75, 3.05) is 33.2 Å². The van der Waals surface area contributed by atoms with E-state index in [2.05, 4.69) is 17.5 Å². The van der Waals surface area contributed by atoms with Crippen molar-refractivity contribution in [2.24, 2.45) is 17.8 Å².